The van der Waals surface area contributed by atoms with Crippen LogP contribution in [-0.4, -0.2) is 30.3 Å². The molecule has 9 heteroatoms. The second-order valence-corrected chi connectivity index (χ2v) is 5.80. The molecule has 21 heavy (non-hydrogen) atoms. The average Bonchev–Trinajstić information content (AvgIpc) is 2.47. The molecule has 0 aliphatic rings. The van der Waals surface area contributed by atoms with Crippen LogP contribution in [0.1, 0.15) is 10.4 Å². The lowest BCUT2D eigenvalue weighted by Crippen LogP contribution is -2.07. The normalized spacial score (nSPS) is 11.9. The van der Waals surface area contributed by atoms with Crippen molar-refractivity contribution in [3.05, 3.63) is 47.2 Å². The first kappa shape index (κ1) is 15.9. The number of rotatable bonds is 6. The first-order valence-corrected chi connectivity index (χ1v) is 8.08. The minimum Gasteiger partial charge on any atom is -0.755 e. The smallest absolute Gasteiger partial charge is 0.187 e. The van der Waals surface area contributed by atoms with Crippen LogP contribution in [-0.2, 0) is 11.3 Å². The van der Waals surface area contributed by atoms with Crippen molar-refractivity contribution in [2.45, 2.75) is 5.16 Å². The molecule has 0 spiro atoms. The predicted molar refractivity (Wildman–Crippen MR) is 81.1 cm³/mol. The number of nitrogens with zero attached hydrogens (tertiary/aromatic N) is 2. The van der Waals surface area contributed by atoms with Crippen LogP contribution in [0.2, 0.25) is 5.02 Å². The SMILES string of the molecule is O=C(CSc1ncccn1)c1ccc(Cl)c(NS(=O)[O-])c1. The Morgan fingerprint density at radius 3 is 2.76 bits per heavy atom. The minimum atomic E-state index is -2.50. The number of ketones is 1. The van der Waals surface area contributed by atoms with Gasteiger partial charge in [-0.05, 0) is 24.3 Å². The molecule has 1 aromatic carbocycles. The molecule has 0 bridgehead atoms. The van der Waals surface area contributed by atoms with Gasteiger partial charge in [-0.1, -0.05) is 23.4 Å². The number of thioether (sulfide) groups is 1. The number of Topliss-reactive ketones (excluding diaryl/α,β-unsaturated/α-hetero) is 1. The van der Waals surface area contributed by atoms with Crippen molar-refractivity contribution in [2.75, 3.05) is 10.5 Å². The van der Waals surface area contributed by atoms with E-state index in [1.54, 1.807) is 18.5 Å². The Balaban J connectivity index is 2.07. The van der Waals surface area contributed by atoms with Gasteiger partial charge in [0.25, 0.3) is 0 Å². The summed E-state index contributed by atoms with van der Waals surface area (Å²) in [6, 6.07) is 6.09. The van der Waals surface area contributed by atoms with Crippen LogP contribution in [0.3, 0.4) is 0 Å². The topological polar surface area (TPSA) is 95.0 Å². The number of hydrogen-bond acceptors (Lipinski definition) is 6. The van der Waals surface area contributed by atoms with Crippen molar-refractivity contribution in [2.24, 2.45) is 0 Å². The van der Waals surface area contributed by atoms with E-state index in [0.717, 1.165) is 0 Å². The molecule has 1 aromatic heterocycles. The molecule has 110 valence electrons. The largest absolute Gasteiger partial charge is 0.755 e. The Morgan fingerprint density at radius 1 is 1.38 bits per heavy atom. The lowest BCUT2D eigenvalue weighted by Gasteiger charge is -2.11. The van der Waals surface area contributed by atoms with E-state index < -0.39 is 11.3 Å². The monoisotopic (exact) mass is 342 g/mol. The summed E-state index contributed by atoms with van der Waals surface area (Å²) in [5, 5.41) is 0.716. The molecule has 1 N–H and O–H groups in total. The molecule has 0 radical (unpaired) electrons. The average molecular weight is 343 g/mol. The number of hydrogen-bond donors (Lipinski definition) is 1. The summed E-state index contributed by atoms with van der Waals surface area (Å²) < 4.78 is 23.4. The lowest BCUT2D eigenvalue weighted by molar-refractivity contribution is 0.102. The number of carbonyl (C=O) groups is 1. The van der Waals surface area contributed by atoms with Gasteiger partial charge < -0.3 is 9.27 Å². The van der Waals surface area contributed by atoms with Crippen molar-refractivity contribution in [3.8, 4) is 0 Å². The molecule has 2 aromatic rings. The van der Waals surface area contributed by atoms with E-state index in [9.17, 15) is 13.6 Å². The Kier molecular flexibility index (Phi) is 5.68. The summed E-state index contributed by atoms with van der Waals surface area (Å²) in [7, 11) is 0. The van der Waals surface area contributed by atoms with Gasteiger partial charge in [0, 0.05) is 29.2 Å². The fourth-order valence-corrected chi connectivity index (χ4v) is 2.71. The van der Waals surface area contributed by atoms with Crippen molar-refractivity contribution in [3.63, 3.8) is 0 Å². The molecule has 0 saturated heterocycles. The summed E-state index contributed by atoms with van der Waals surface area (Å²) in [5.74, 6) is -0.0326. The minimum absolute atomic E-state index is 0.144. The van der Waals surface area contributed by atoms with E-state index in [1.165, 1.54) is 30.0 Å². The van der Waals surface area contributed by atoms with E-state index in [2.05, 4.69) is 14.7 Å². The second kappa shape index (κ2) is 7.51. The highest BCUT2D eigenvalue weighted by Gasteiger charge is 2.10. The Bertz CT molecular complexity index is 670. The van der Waals surface area contributed by atoms with Gasteiger partial charge >= 0.3 is 0 Å². The molecule has 1 unspecified atom stereocenters. The first-order valence-electron chi connectivity index (χ1n) is 5.65. The number of nitrogens with one attached hydrogen (secondary N) is 1. The van der Waals surface area contributed by atoms with Gasteiger partial charge in [-0.2, -0.15) is 0 Å². The van der Waals surface area contributed by atoms with Crippen molar-refractivity contribution >= 4 is 46.1 Å². The van der Waals surface area contributed by atoms with Crippen molar-refractivity contribution in [1.82, 2.24) is 9.97 Å². The van der Waals surface area contributed by atoms with Gasteiger partial charge in [-0.15, -0.1) is 0 Å². The van der Waals surface area contributed by atoms with Gasteiger partial charge in [0.2, 0.25) is 0 Å². The summed E-state index contributed by atoms with van der Waals surface area (Å²) in [4.78, 5) is 20.1. The van der Waals surface area contributed by atoms with Crippen molar-refractivity contribution in [1.29, 1.82) is 0 Å². The molecule has 0 aliphatic heterocycles. The maximum atomic E-state index is 12.1. The summed E-state index contributed by atoms with van der Waals surface area (Å²) in [6.07, 6.45) is 3.18. The first-order chi connectivity index (χ1) is 10.1. The quantitative estimate of drug-likeness (QED) is 0.374. The van der Waals surface area contributed by atoms with Crippen LogP contribution < -0.4 is 4.72 Å². The Labute approximate surface area is 132 Å². The maximum Gasteiger partial charge on any atom is 0.187 e. The molecule has 0 fully saturated rings. The van der Waals surface area contributed by atoms with E-state index in [1.807, 2.05) is 0 Å². The number of anilines is 1. The highest BCUT2D eigenvalue weighted by Crippen LogP contribution is 2.24. The van der Waals surface area contributed by atoms with E-state index >= 15 is 0 Å². The highest BCUT2D eigenvalue weighted by atomic mass is 35.5. The number of benzene rings is 1. The molecule has 0 amide bonds. The highest BCUT2D eigenvalue weighted by molar-refractivity contribution is 7.99. The molecular formula is C12H9ClN3O3S2-. The third-order valence-electron chi connectivity index (χ3n) is 2.36. The van der Waals surface area contributed by atoms with Gasteiger partial charge in [-0.25, -0.2) is 9.97 Å². The van der Waals surface area contributed by atoms with E-state index in [0.29, 0.717) is 10.7 Å². The fourth-order valence-electron chi connectivity index (χ4n) is 1.44. The fraction of sp³-hybridized carbons (Fsp3) is 0.0833. The Morgan fingerprint density at radius 2 is 2.10 bits per heavy atom. The van der Waals surface area contributed by atoms with Crippen LogP contribution in [0.4, 0.5) is 5.69 Å². The maximum absolute atomic E-state index is 12.1. The summed E-state index contributed by atoms with van der Waals surface area (Å²) >= 11 is 4.54. The van der Waals surface area contributed by atoms with Crippen LogP contribution in [0.25, 0.3) is 0 Å². The number of aromatic nitrogens is 2. The zero-order valence-corrected chi connectivity index (χ0v) is 12.9. The van der Waals surface area contributed by atoms with E-state index in [4.69, 9.17) is 11.6 Å². The molecule has 1 heterocycles. The molecular weight excluding hydrogens is 334 g/mol. The summed E-state index contributed by atoms with van der Waals surface area (Å²) in [6.45, 7) is 0. The third kappa shape index (κ3) is 4.78. The van der Waals surface area contributed by atoms with Crippen LogP contribution in [0.5, 0.6) is 0 Å². The third-order valence-corrected chi connectivity index (χ3v) is 3.95. The predicted octanol–water partition coefficient (Wildman–Crippen LogP) is 2.31. The van der Waals surface area contributed by atoms with Gasteiger partial charge in [-0.3, -0.25) is 9.00 Å². The standard InChI is InChI=1S/C12H10ClN3O3S2/c13-9-3-2-8(6-10(9)16-21(18)19)11(17)7-20-12-14-4-1-5-15-12/h1-6,16H,7H2,(H,18,19)/p-1. The van der Waals surface area contributed by atoms with Crippen LogP contribution in [0.15, 0.2) is 41.8 Å². The van der Waals surface area contributed by atoms with Crippen LogP contribution >= 0.6 is 23.4 Å². The molecule has 1 atom stereocenters. The molecule has 0 saturated carbocycles. The zero-order chi connectivity index (χ0) is 15.2. The zero-order valence-electron chi connectivity index (χ0n) is 10.5. The molecule has 2 rings (SSSR count). The lowest BCUT2D eigenvalue weighted by atomic mass is 10.1. The molecule has 6 nitrogen and oxygen atoms in total. The Hall–Kier alpha value is -1.48. The van der Waals surface area contributed by atoms with Gasteiger partial charge in [0.05, 0.1) is 16.5 Å². The summed E-state index contributed by atoms with van der Waals surface area (Å²) in [5.41, 5.74) is 0.521. The number of carbonyl (C=O) groups excluding carboxylic acids is 1. The van der Waals surface area contributed by atoms with Crippen LogP contribution in [0, 0.1) is 0 Å². The van der Waals surface area contributed by atoms with E-state index in [-0.39, 0.29) is 22.2 Å². The van der Waals surface area contributed by atoms with Gasteiger partial charge in [0.15, 0.2) is 10.9 Å². The van der Waals surface area contributed by atoms with Crippen molar-refractivity contribution < 1.29 is 13.6 Å². The number of halogens is 1. The molecule has 0 aliphatic carbocycles. The van der Waals surface area contributed by atoms with Gasteiger partial charge in [0.1, 0.15) is 0 Å². The second-order valence-electron chi connectivity index (χ2n) is 3.77.